The molecule has 2 aromatic rings. The van der Waals surface area contributed by atoms with E-state index in [-0.39, 0.29) is 11.9 Å². The van der Waals surface area contributed by atoms with Crippen molar-refractivity contribution in [2.24, 2.45) is 5.73 Å². The Hall–Kier alpha value is -1.87. The van der Waals surface area contributed by atoms with E-state index in [4.69, 9.17) is 5.73 Å². The van der Waals surface area contributed by atoms with Crippen molar-refractivity contribution in [2.45, 2.75) is 13.0 Å². The highest BCUT2D eigenvalue weighted by atomic mass is 19.1. The fourth-order valence-electron chi connectivity index (χ4n) is 2.03. The molecule has 2 rings (SSSR count). The van der Waals surface area contributed by atoms with Crippen molar-refractivity contribution in [2.75, 3.05) is 11.9 Å². The van der Waals surface area contributed by atoms with Gasteiger partial charge in [-0.3, -0.25) is 0 Å². The Balaban J connectivity index is 2.51. The number of nitrogens with two attached hydrogens (primary N) is 1. The molecule has 0 saturated carbocycles. The molecule has 18 heavy (non-hydrogen) atoms. The maximum atomic E-state index is 14.0. The van der Waals surface area contributed by atoms with Gasteiger partial charge in [-0.05, 0) is 30.7 Å². The summed E-state index contributed by atoms with van der Waals surface area (Å²) in [4.78, 5) is 1.83. The van der Waals surface area contributed by atoms with Crippen LogP contribution in [0, 0.1) is 5.82 Å². The predicted molar refractivity (Wildman–Crippen MR) is 73.5 cm³/mol. The van der Waals surface area contributed by atoms with Crippen molar-refractivity contribution in [3.05, 3.63) is 59.9 Å². The number of rotatable bonds is 3. The largest absolute Gasteiger partial charge is 0.342 e. The molecule has 0 radical (unpaired) electrons. The summed E-state index contributed by atoms with van der Waals surface area (Å²) in [5.41, 5.74) is 8.19. The van der Waals surface area contributed by atoms with E-state index in [9.17, 15) is 4.39 Å². The van der Waals surface area contributed by atoms with Crippen molar-refractivity contribution in [1.29, 1.82) is 0 Å². The molecule has 0 amide bonds. The molecule has 2 aromatic carbocycles. The van der Waals surface area contributed by atoms with Crippen molar-refractivity contribution in [3.8, 4) is 0 Å². The molecule has 2 nitrogen and oxygen atoms in total. The molecule has 0 heterocycles. The van der Waals surface area contributed by atoms with E-state index in [1.807, 2.05) is 55.3 Å². The summed E-state index contributed by atoms with van der Waals surface area (Å²) in [6.07, 6.45) is 0. The molecule has 0 aliphatic carbocycles. The first-order chi connectivity index (χ1) is 8.61. The predicted octanol–water partition coefficient (Wildman–Crippen LogP) is 3.61. The standard InChI is InChI=1S/C15H17FN2/c1-11(17)13-9-6-10-14(16)15(13)18(2)12-7-4-3-5-8-12/h3-11H,17H2,1-2H3/t11-/m1/s1. The number of hydrogen-bond acceptors (Lipinski definition) is 2. The van der Waals surface area contributed by atoms with Crippen LogP contribution in [0.25, 0.3) is 0 Å². The molecule has 0 saturated heterocycles. The first-order valence-electron chi connectivity index (χ1n) is 5.94. The van der Waals surface area contributed by atoms with E-state index in [1.54, 1.807) is 6.07 Å². The van der Waals surface area contributed by atoms with Gasteiger partial charge in [0.2, 0.25) is 0 Å². The molecule has 0 fully saturated rings. The van der Waals surface area contributed by atoms with Gasteiger partial charge in [-0.15, -0.1) is 0 Å². The third kappa shape index (κ3) is 2.36. The van der Waals surface area contributed by atoms with Crippen molar-refractivity contribution < 1.29 is 4.39 Å². The Morgan fingerprint density at radius 2 is 1.72 bits per heavy atom. The molecule has 0 unspecified atom stereocenters. The number of para-hydroxylation sites is 2. The number of hydrogen-bond donors (Lipinski definition) is 1. The monoisotopic (exact) mass is 244 g/mol. The number of nitrogens with zero attached hydrogens (tertiary/aromatic N) is 1. The summed E-state index contributed by atoms with van der Waals surface area (Å²) in [5.74, 6) is -0.254. The van der Waals surface area contributed by atoms with Gasteiger partial charge >= 0.3 is 0 Å². The average Bonchev–Trinajstić information content (AvgIpc) is 2.38. The van der Waals surface area contributed by atoms with E-state index >= 15 is 0 Å². The molecule has 94 valence electrons. The fourth-order valence-corrected chi connectivity index (χ4v) is 2.03. The Bertz CT molecular complexity index is 523. The van der Waals surface area contributed by atoms with Crippen LogP contribution >= 0.6 is 0 Å². The van der Waals surface area contributed by atoms with E-state index < -0.39 is 0 Å². The molecular formula is C15H17FN2. The Labute approximate surface area is 107 Å². The molecule has 1 atom stereocenters. The third-order valence-corrected chi connectivity index (χ3v) is 2.99. The van der Waals surface area contributed by atoms with Crippen LogP contribution in [0.1, 0.15) is 18.5 Å². The molecule has 0 aromatic heterocycles. The van der Waals surface area contributed by atoms with Crippen LogP contribution in [0.2, 0.25) is 0 Å². The molecule has 0 bridgehead atoms. The zero-order chi connectivity index (χ0) is 13.1. The zero-order valence-corrected chi connectivity index (χ0v) is 10.6. The highest BCUT2D eigenvalue weighted by molar-refractivity contribution is 5.66. The normalized spacial score (nSPS) is 12.2. The summed E-state index contributed by atoms with van der Waals surface area (Å²) < 4.78 is 14.0. The summed E-state index contributed by atoms with van der Waals surface area (Å²) in [7, 11) is 1.85. The van der Waals surface area contributed by atoms with Gasteiger partial charge in [-0.1, -0.05) is 30.3 Å². The van der Waals surface area contributed by atoms with Gasteiger partial charge in [0.1, 0.15) is 5.82 Å². The van der Waals surface area contributed by atoms with Crippen LogP contribution in [0.4, 0.5) is 15.8 Å². The van der Waals surface area contributed by atoms with Crippen LogP contribution in [0.3, 0.4) is 0 Å². The smallest absolute Gasteiger partial charge is 0.147 e. The minimum Gasteiger partial charge on any atom is -0.342 e. The first-order valence-corrected chi connectivity index (χ1v) is 5.94. The summed E-state index contributed by atoms with van der Waals surface area (Å²) >= 11 is 0. The number of halogens is 1. The summed E-state index contributed by atoms with van der Waals surface area (Å²) in [5, 5.41) is 0. The second-order valence-corrected chi connectivity index (χ2v) is 4.36. The maximum absolute atomic E-state index is 14.0. The molecule has 3 heteroatoms. The highest BCUT2D eigenvalue weighted by Crippen LogP contribution is 2.32. The van der Waals surface area contributed by atoms with E-state index in [0.29, 0.717) is 5.69 Å². The minimum absolute atomic E-state index is 0.207. The summed E-state index contributed by atoms with van der Waals surface area (Å²) in [6, 6.07) is 14.5. The van der Waals surface area contributed by atoms with Crippen LogP contribution in [0.15, 0.2) is 48.5 Å². The Kier molecular flexibility index (Phi) is 3.63. The van der Waals surface area contributed by atoms with Gasteiger partial charge < -0.3 is 10.6 Å². The van der Waals surface area contributed by atoms with Crippen LogP contribution in [-0.4, -0.2) is 7.05 Å². The zero-order valence-electron chi connectivity index (χ0n) is 10.6. The Morgan fingerprint density at radius 3 is 2.33 bits per heavy atom. The lowest BCUT2D eigenvalue weighted by Gasteiger charge is -2.24. The van der Waals surface area contributed by atoms with Crippen LogP contribution in [-0.2, 0) is 0 Å². The number of anilines is 2. The fraction of sp³-hybridized carbons (Fsp3) is 0.200. The lowest BCUT2D eigenvalue weighted by Crippen LogP contribution is -2.17. The molecular weight excluding hydrogens is 227 g/mol. The molecule has 2 N–H and O–H groups in total. The maximum Gasteiger partial charge on any atom is 0.147 e. The number of benzene rings is 2. The minimum atomic E-state index is -0.254. The molecule has 0 aliphatic heterocycles. The average molecular weight is 244 g/mol. The second-order valence-electron chi connectivity index (χ2n) is 4.36. The van der Waals surface area contributed by atoms with Gasteiger partial charge in [0.15, 0.2) is 0 Å². The van der Waals surface area contributed by atoms with Crippen molar-refractivity contribution >= 4 is 11.4 Å². The Morgan fingerprint density at radius 1 is 1.06 bits per heavy atom. The second kappa shape index (κ2) is 5.19. The summed E-state index contributed by atoms with van der Waals surface area (Å²) in [6.45, 7) is 1.86. The van der Waals surface area contributed by atoms with Gasteiger partial charge in [0.05, 0.1) is 5.69 Å². The molecule has 0 spiro atoms. The van der Waals surface area contributed by atoms with E-state index in [2.05, 4.69) is 0 Å². The van der Waals surface area contributed by atoms with E-state index in [1.165, 1.54) is 6.07 Å². The third-order valence-electron chi connectivity index (χ3n) is 2.99. The van der Waals surface area contributed by atoms with Gasteiger partial charge in [0.25, 0.3) is 0 Å². The molecule has 0 aliphatic rings. The topological polar surface area (TPSA) is 29.3 Å². The lowest BCUT2D eigenvalue weighted by atomic mass is 10.1. The van der Waals surface area contributed by atoms with E-state index in [0.717, 1.165) is 11.3 Å². The quantitative estimate of drug-likeness (QED) is 0.893. The van der Waals surface area contributed by atoms with Crippen LogP contribution < -0.4 is 10.6 Å². The van der Waals surface area contributed by atoms with Crippen LogP contribution in [0.5, 0.6) is 0 Å². The van der Waals surface area contributed by atoms with Crippen molar-refractivity contribution in [3.63, 3.8) is 0 Å². The van der Waals surface area contributed by atoms with Gasteiger partial charge in [0, 0.05) is 18.8 Å². The van der Waals surface area contributed by atoms with Gasteiger partial charge in [-0.2, -0.15) is 0 Å². The SMILES string of the molecule is C[C@@H](N)c1cccc(F)c1N(C)c1ccccc1. The first kappa shape index (κ1) is 12.6. The van der Waals surface area contributed by atoms with Crippen molar-refractivity contribution in [1.82, 2.24) is 0 Å². The highest BCUT2D eigenvalue weighted by Gasteiger charge is 2.16. The van der Waals surface area contributed by atoms with Gasteiger partial charge in [-0.25, -0.2) is 4.39 Å². The lowest BCUT2D eigenvalue weighted by molar-refractivity contribution is 0.622.